The SMILES string of the molecule is N#CC(C(=O)c1ccc(F)cc1I)c1ccc(Br)cc1. The molecule has 0 bridgehead atoms. The predicted octanol–water partition coefficient (Wildman–Crippen LogP) is 4.68. The number of hydrogen-bond donors (Lipinski definition) is 0. The van der Waals surface area contributed by atoms with E-state index in [1.807, 2.05) is 28.7 Å². The monoisotopic (exact) mass is 443 g/mol. The van der Waals surface area contributed by atoms with Crippen molar-refractivity contribution in [1.82, 2.24) is 0 Å². The molecule has 1 atom stereocenters. The summed E-state index contributed by atoms with van der Waals surface area (Å²) in [6.07, 6.45) is 0. The molecule has 0 spiro atoms. The van der Waals surface area contributed by atoms with Crippen molar-refractivity contribution >= 4 is 44.3 Å². The number of benzene rings is 2. The largest absolute Gasteiger partial charge is 0.292 e. The Balaban J connectivity index is 2.39. The molecule has 0 amide bonds. The molecule has 0 saturated carbocycles. The summed E-state index contributed by atoms with van der Waals surface area (Å²) < 4.78 is 14.5. The Kier molecular flexibility index (Phi) is 4.89. The second-order valence-corrected chi connectivity index (χ2v) is 6.18. The van der Waals surface area contributed by atoms with Gasteiger partial charge in [0.15, 0.2) is 5.78 Å². The van der Waals surface area contributed by atoms with E-state index in [2.05, 4.69) is 15.9 Å². The molecule has 0 fully saturated rings. The van der Waals surface area contributed by atoms with Crippen LogP contribution in [-0.2, 0) is 0 Å². The van der Waals surface area contributed by atoms with Crippen molar-refractivity contribution in [2.75, 3.05) is 0 Å². The lowest BCUT2D eigenvalue weighted by Gasteiger charge is -2.10. The number of ketones is 1. The minimum atomic E-state index is -0.887. The summed E-state index contributed by atoms with van der Waals surface area (Å²) in [7, 11) is 0. The average molecular weight is 444 g/mol. The van der Waals surface area contributed by atoms with Crippen LogP contribution in [0.25, 0.3) is 0 Å². The Labute approximate surface area is 137 Å². The summed E-state index contributed by atoms with van der Waals surface area (Å²) in [6, 6.07) is 13.0. The van der Waals surface area contributed by atoms with Crippen molar-refractivity contribution in [1.29, 1.82) is 5.26 Å². The fraction of sp³-hybridized carbons (Fsp3) is 0.0667. The first kappa shape index (κ1) is 15.1. The summed E-state index contributed by atoms with van der Waals surface area (Å²) in [4.78, 5) is 12.4. The van der Waals surface area contributed by atoms with Gasteiger partial charge in [0.05, 0.1) is 6.07 Å². The van der Waals surface area contributed by atoms with Gasteiger partial charge in [-0.1, -0.05) is 28.1 Å². The van der Waals surface area contributed by atoms with E-state index < -0.39 is 11.7 Å². The van der Waals surface area contributed by atoms with Gasteiger partial charge in [-0.2, -0.15) is 5.26 Å². The van der Waals surface area contributed by atoms with Gasteiger partial charge in [0, 0.05) is 13.6 Å². The number of nitrogens with zero attached hydrogens (tertiary/aromatic N) is 1. The van der Waals surface area contributed by atoms with Crippen LogP contribution in [0.5, 0.6) is 0 Å². The van der Waals surface area contributed by atoms with Gasteiger partial charge in [-0.05, 0) is 58.5 Å². The topological polar surface area (TPSA) is 40.9 Å². The minimum Gasteiger partial charge on any atom is -0.292 e. The lowest BCUT2D eigenvalue weighted by atomic mass is 9.92. The van der Waals surface area contributed by atoms with Gasteiger partial charge in [0.2, 0.25) is 0 Å². The maximum atomic E-state index is 13.1. The molecular weight excluding hydrogens is 436 g/mol. The highest BCUT2D eigenvalue weighted by Gasteiger charge is 2.23. The molecule has 1 unspecified atom stereocenters. The van der Waals surface area contributed by atoms with Gasteiger partial charge >= 0.3 is 0 Å². The van der Waals surface area contributed by atoms with Gasteiger partial charge in [0.25, 0.3) is 0 Å². The minimum absolute atomic E-state index is 0.320. The average Bonchev–Trinajstić information content (AvgIpc) is 2.41. The zero-order chi connectivity index (χ0) is 14.7. The summed E-state index contributed by atoms with van der Waals surface area (Å²) in [6.45, 7) is 0. The van der Waals surface area contributed by atoms with Crippen LogP contribution in [0.3, 0.4) is 0 Å². The molecule has 20 heavy (non-hydrogen) atoms. The van der Waals surface area contributed by atoms with Crippen molar-refractivity contribution in [2.45, 2.75) is 5.92 Å². The zero-order valence-electron chi connectivity index (χ0n) is 10.1. The first-order chi connectivity index (χ1) is 9.52. The van der Waals surface area contributed by atoms with Crippen LogP contribution in [0.1, 0.15) is 21.8 Å². The quantitative estimate of drug-likeness (QED) is 0.510. The van der Waals surface area contributed by atoms with E-state index in [-0.39, 0.29) is 5.78 Å². The number of carbonyl (C=O) groups is 1. The van der Waals surface area contributed by atoms with Crippen LogP contribution in [-0.4, -0.2) is 5.78 Å². The van der Waals surface area contributed by atoms with Crippen LogP contribution in [0.2, 0.25) is 0 Å². The fourth-order valence-electron chi connectivity index (χ4n) is 1.78. The first-order valence-electron chi connectivity index (χ1n) is 5.67. The van der Waals surface area contributed by atoms with Crippen molar-refractivity contribution in [2.24, 2.45) is 0 Å². The van der Waals surface area contributed by atoms with Gasteiger partial charge < -0.3 is 0 Å². The van der Waals surface area contributed by atoms with Crippen LogP contribution in [0.15, 0.2) is 46.9 Å². The van der Waals surface area contributed by atoms with Crippen LogP contribution >= 0.6 is 38.5 Å². The van der Waals surface area contributed by atoms with E-state index >= 15 is 0 Å². The molecule has 0 aliphatic heterocycles. The number of halogens is 3. The van der Waals surface area contributed by atoms with Gasteiger partial charge in [0.1, 0.15) is 11.7 Å². The zero-order valence-corrected chi connectivity index (χ0v) is 13.9. The lowest BCUT2D eigenvalue weighted by molar-refractivity contribution is 0.0978. The Bertz CT molecular complexity index is 694. The standard InChI is InChI=1S/C15H8BrFINO/c16-10-3-1-9(2-4-10)13(8-19)15(20)12-6-5-11(17)7-14(12)18/h1-7,13H. The second-order valence-electron chi connectivity index (χ2n) is 4.10. The van der Waals surface area contributed by atoms with E-state index in [1.54, 1.807) is 24.3 Å². The van der Waals surface area contributed by atoms with E-state index in [0.717, 1.165) is 4.47 Å². The third kappa shape index (κ3) is 3.25. The number of Topliss-reactive ketones (excluding diaryl/α,β-unsaturated/α-hetero) is 1. The summed E-state index contributed by atoms with van der Waals surface area (Å²) >= 11 is 5.21. The summed E-state index contributed by atoms with van der Waals surface area (Å²) in [5.74, 6) is -1.61. The molecule has 0 saturated heterocycles. The Morgan fingerprint density at radius 2 is 1.90 bits per heavy atom. The molecular formula is C15H8BrFINO. The van der Waals surface area contributed by atoms with Gasteiger partial charge in [-0.25, -0.2) is 4.39 Å². The van der Waals surface area contributed by atoms with Crippen LogP contribution < -0.4 is 0 Å². The Morgan fingerprint density at radius 1 is 1.25 bits per heavy atom. The third-order valence-corrected chi connectivity index (χ3v) is 4.21. The Hall–Kier alpha value is -1.26. The van der Waals surface area contributed by atoms with E-state index in [9.17, 15) is 14.4 Å². The number of carbonyl (C=O) groups excluding carboxylic acids is 1. The van der Waals surface area contributed by atoms with Crippen molar-refractivity contribution in [3.05, 3.63) is 67.5 Å². The maximum absolute atomic E-state index is 13.1. The Morgan fingerprint density at radius 3 is 2.45 bits per heavy atom. The van der Waals surface area contributed by atoms with Crippen molar-refractivity contribution in [3.63, 3.8) is 0 Å². The van der Waals surface area contributed by atoms with E-state index in [1.165, 1.54) is 18.2 Å². The number of hydrogen-bond acceptors (Lipinski definition) is 2. The fourth-order valence-corrected chi connectivity index (χ4v) is 2.79. The number of nitriles is 1. The number of rotatable bonds is 3. The van der Waals surface area contributed by atoms with Crippen molar-refractivity contribution in [3.8, 4) is 6.07 Å². The third-order valence-electron chi connectivity index (χ3n) is 2.79. The highest BCUT2D eigenvalue weighted by molar-refractivity contribution is 14.1. The first-order valence-corrected chi connectivity index (χ1v) is 7.54. The maximum Gasteiger partial charge on any atom is 0.185 e. The highest BCUT2D eigenvalue weighted by atomic mass is 127. The molecule has 0 radical (unpaired) electrons. The van der Waals surface area contributed by atoms with E-state index in [4.69, 9.17) is 0 Å². The van der Waals surface area contributed by atoms with Crippen LogP contribution in [0, 0.1) is 20.7 Å². The van der Waals surface area contributed by atoms with Gasteiger partial charge in [-0.3, -0.25) is 4.79 Å². The highest BCUT2D eigenvalue weighted by Crippen LogP contribution is 2.25. The smallest absolute Gasteiger partial charge is 0.185 e. The molecule has 2 aromatic carbocycles. The van der Waals surface area contributed by atoms with Crippen molar-refractivity contribution < 1.29 is 9.18 Å². The lowest BCUT2D eigenvalue weighted by Crippen LogP contribution is -2.12. The molecule has 0 aromatic heterocycles. The molecule has 0 heterocycles. The second kappa shape index (κ2) is 6.46. The predicted molar refractivity (Wildman–Crippen MR) is 85.9 cm³/mol. The molecule has 2 nitrogen and oxygen atoms in total. The normalized spacial score (nSPS) is 11.7. The molecule has 0 aliphatic carbocycles. The van der Waals surface area contributed by atoms with Crippen LogP contribution in [0.4, 0.5) is 4.39 Å². The molecule has 100 valence electrons. The molecule has 0 aliphatic rings. The molecule has 5 heteroatoms. The summed E-state index contributed by atoms with van der Waals surface area (Å²) in [5.41, 5.74) is 0.988. The molecule has 2 rings (SSSR count). The molecule has 0 N–H and O–H groups in total. The van der Waals surface area contributed by atoms with E-state index in [0.29, 0.717) is 14.7 Å². The van der Waals surface area contributed by atoms with Gasteiger partial charge in [-0.15, -0.1) is 0 Å². The molecule has 2 aromatic rings. The summed E-state index contributed by atoms with van der Waals surface area (Å²) in [5, 5.41) is 9.27.